The number of rotatable bonds is 4. The van der Waals surface area contributed by atoms with E-state index in [2.05, 4.69) is 15.9 Å². The molecule has 0 aliphatic carbocycles. The zero-order valence-corrected chi connectivity index (χ0v) is 12.6. The van der Waals surface area contributed by atoms with Gasteiger partial charge < -0.3 is 0 Å². The number of carbonyl (C=O) groups is 1. The minimum Gasteiger partial charge on any atom is -0.299 e. The van der Waals surface area contributed by atoms with E-state index in [1.54, 1.807) is 0 Å². The molecule has 0 fully saturated rings. The van der Waals surface area contributed by atoms with Crippen molar-refractivity contribution < 1.29 is 18.0 Å². The Balaban J connectivity index is 2.04. The third-order valence-corrected chi connectivity index (χ3v) is 4.35. The Bertz CT molecular complexity index is 619. The zero-order valence-electron chi connectivity index (χ0n) is 10.2. The SMILES string of the molecule is O=C(Cc1cccc(C(F)(F)F)c1)Cc1cc(Br)cs1. The molecule has 0 saturated heterocycles. The van der Waals surface area contributed by atoms with Crippen LogP contribution < -0.4 is 0 Å². The molecule has 1 nitrogen and oxygen atoms in total. The Morgan fingerprint density at radius 2 is 1.95 bits per heavy atom. The molecular weight excluding hydrogens is 353 g/mol. The number of halogens is 4. The molecule has 20 heavy (non-hydrogen) atoms. The lowest BCUT2D eigenvalue weighted by molar-refractivity contribution is -0.137. The Hall–Kier alpha value is -1.14. The fourth-order valence-electron chi connectivity index (χ4n) is 1.79. The van der Waals surface area contributed by atoms with Crippen LogP contribution in [0.4, 0.5) is 13.2 Å². The highest BCUT2D eigenvalue weighted by atomic mass is 79.9. The molecule has 0 bridgehead atoms. The second kappa shape index (κ2) is 6.10. The minimum absolute atomic E-state index is 0.0133. The summed E-state index contributed by atoms with van der Waals surface area (Å²) in [5.74, 6) is -0.0984. The Labute approximate surface area is 126 Å². The molecule has 0 spiro atoms. The van der Waals surface area contributed by atoms with Crippen LogP contribution in [0.3, 0.4) is 0 Å². The Morgan fingerprint density at radius 3 is 2.55 bits per heavy atom. The molecule has 6 heteroatoms. The molecule has 2 aromatic rings. The monoisotopic (exact) mass is 362 g/mol. The third-order valence-electron chi connectivity index (χ3n) is 2.65. The van der Waals surface area contributed by atoms with Gasteiger partial charge in [-0.2, -0.15) is 13.2 Å². The third kappa shape index (κ3) is 4.18. The van der Waals surface area contributed by atoms with Gasteiger partial charge in [0.1, 0.15) is 5.78 Å². The van der Waals surface area contributed by atoms with Gasteiger partial charge in [0.25, 0.3) is 0 Å². The van der Waals surface area contributed by atoms with Gasteiger partial charge in [0.05, 0.1) is 5.56 Å². The van der Waals surface area contributed by atoms with Crippen LogP contribution >= 0.6 is 27.3 Å². The molecule has 0 saturated carbocycles. The zero-order chi connectivity index (χ0) is 14.8. The van der Waals surface area contributed by atoms with Gasteiger partial charge in [0.2, 0.25) is 0 Å². The van der Waals surface area contributed by atoms with E-state index in [9.17, 15) is 18.0 Å². The number of thiophene rings is 1. The van der Waals surface area contributed by atoms with Crippen LogP contribution in [-0.4, -0.2) is 5.78 Å². The minimum atomic E-state index is -4.38. The van der Waals surface area contributed by atoms with Gasteiger partial charge in [-0.25, -0.2) is 0 Å². The highest BCUT2D eigenvalue weighted by Gasteiger charge is 2.30. The summed E-state index contributed by atoms with van der Waals surface area (Å²) in [6, 6.07) is 6.74. The molecule has 2 rings (SSSR count). The van der Waals surface area contributed by atoms with E-state index in [0.717, 1.165) is 21.5 Å². The lowest BCUT2D eigenvalue weighted by Gasteiger charge is -2.08. The summed E-state index contributed by atoms with van der Waals surface area (Å²) in [4.78, 5) is 12.8. The second-order valence-corrected chi connectivity index (χ2v) is 6.23. The van der Waals surface area contributed by atoms with E-state index < -0.39 is 11.7 Å². The van der Waals surface area contributed by atoms with Gasteiger partial charge >= 0.3 is 6.18 Å². The number of ketones is 1. The number of hydrogen-bond acceptors (Lipinski definition) is 2. The summed E-state index contributed by atoms with van der Waals surface area (Å²) in [6.07, 6.45) is -4.12. The quantitative estimate of drug-likeness (QED) is 0.757. The van der Waals surface area contributed by atoms with Crippen molar-refractivity contribution in [3.8, 4) is 0 Å². The Morgan fingerprint density at radius 1 is 1.20 bits per heavy atom. The van der Waals surface area contributed by atoms with Crippen LogP contribution in [0.2, 0.25) is 0 Å². The average Bonchev–Trinajstić information content (AvgIpc) is 2.73. The van der Waals surface area contributed by atoms with Crippen LogP contribution in [0, 0.1) is 0 Å². The van der Waals surface area contributed by atoms with Gasteiger partial charge in [-0.1, -0.05) is 18.2 Å². The molecule has 0 aliphatic rings. The van der Waals surface area contributed by atoms with Crippen LogP contribution in [0.15, 0.2) is 40.2 Å². The van der Waals surface area contributed by atoms with Crippen molar-refractivity contribution >= 4 is 33.0 Å². The van der Waals surface area contributed by atoms with Gasteiger partial charge in [0, 0.05) is 27.6 Å². The molecule has 0 amide bonds. The maximum atomic E-state index is 12.6. The van der Waals surface area contributed by atoms with Gasteiger partial charge in [0.15, 0.2) is 0 Å². The number of benzene rings is 1. The highest BCUT2D eigenvalue weighted by Crippen LogP contribution is 2.29. The van der Waals surface area contributed by atoms with Gasteiger partial charge in [-0.05, 0) is 33.6 Å². The first kappa shape index (κ1) is 15.3. The Kier molecular flexibility index (Phi) is 4.65. The molecule has 1 heterocycles. The standard InChI is InChI=1S/C14H10BrF3OS/c15-11-6-13(20-8-11)7-12(19)5-9-2-1-3-10(4-9)14(16,17)18/h1-4,6,8H,5,7H2. The summed E-state index contributed by atoms with van der Waals surface area (Å²) in [5.41, 5.74) is -0.331. The second-order valence-electron chi connectivity index (χ2n) is 4.32. The van der Waals surface area contributed by atoms with Gasteiger partial charge in [-0.15, -0.1) is 11.3 Å². The van der Waals surface area contributed by atoms with E-state index in [4.69, 9.17) is 0 Å². The lowest BCUT2D eigenvalue weighted by Crippen LogP contribution is -2.08. The molecule has 0 atom stereocenters. The molecule has 0 radical (unpaired) electrons. The first-order valence-electron chi connectivity index (χ1n) is 5.75. The van der Waals surface area contributed by atoms with E-state index in [1.807, 2.05) is 11.4 Å². The summed E-state index contributed by atoms with van der Waals surface area (Å²) in [7, 11) is 0. The summed E-state index contributed by atoms with van der Waals surface area (Å²) < 4.78 is 38.6. The normalized spacial score (nSPS) is 11.6. The maximum Gasteiger partial charge on any atom is 0.416 e. The summed E-state index contributed by atoms with van der Waals surface area (Å²) in [5, 5.41) is 1.87. The maximum absolute atomic E-state index is 12.6. The van der Waals surface area contributed by atoms with Crippen molar-refractivity contribution in [2.45, 2.75) is 19.0 Å². The van der Waals surface area contributed by atoms with E-state index in [0.29, 0.717) is 5.56 Å². The number of Topliss-reactive ketones (excluding diaryl/α,β-unsaturated/α-hetero) is 1. The molecule has 106 valence electrons. The van der Waals surface area contributed by atoms with Crippen LogP contribution in [0.1, 0.15) is 16.0 Å². The smallest absolute Gasteiger partial charge is 0.299 e. The fraction of sp³-hybridized carbons (Fsp3) is 0.214. The van der Waals surface area contributed by atoms with Crippen LogP contribution in [-0.2, 0) is 23.8 Å². The number of alkyl halides is 3. The molecule has 0 aliphatic heterocycles. The molecule has 0 N–H and O–H groups in total. The predicted octanol–water partition coefficient (Wildman–Crippen LogP) is 4.88. The van der Waals surface area contributed by atoms with Crippen molar-refractivity contribution in [3.63, 3.8) is 0 Å². The molecule has 1 aromatic heterocycles. The van der Waals surface area contributed by atoms with Crippen LogP contribution in [0.5, 0.6) is 0 Å². The molecular formula is C14H10BrF3OS. The van der Waals surface area contributed by atoms with E-state index in [-0.39, 0.29) is 18.6 Å². The topological polar surface area (TPSA) is 17.1 Å². The molecule has 0 unspecified atom stereocenters. The molecule has 1 aromatic carbocycles. The number of hydrogen-bond donors (Lipinski definition) is 0. The first-order chi connectivity index (χ1) is 9.34. The van der Waals surface area contributed by atoms with Crippen LogP contribution in [0.25, 0.3) is 0 Å². The van der Waals surface area contributed by atoms with Gasteiger partial charge in [-0.3, -0.25) is 4.79 Å². The van der Waals surface area contributed by atoms with Crippen molar-refractivity contribution in [1.29, 1.82) is 0 Å². The highest BCUT2D eigenvalue weighted by molar-refractivity contribution is 9.10. The fourth-order valence-corrected chi connectivity index (χ4v) is 3.27. The number of carbonyl (C=O) groups excluding carboxylic acids is 1. The average molecular weight is 363 g/mol. The van der Waals surface area contributed by atoms with E-state index >= 15 is 0 Å². The predicted molar refractivity (Wildman–Crippen MR) is 75.9 cm³/mol. The lowest BCUT2D eigenvalue weighted by atomic mass is 10.0. The largest absolute Gasteiger partial charge is 0.416 e. The van der Waals surface area contributed by atoms with Crippen molar-refractivity contribution in [3.05, 3.63) is 56.2 Å². The van der Waals surface area contributed by atoms with Crippen molar-refractivity contribution in [1.82, 2.24) is 0 Å². The van der Waals surface area contributed by atoms with Crippen molar-refractivity contribution in [2.24, 2.45) is 0 Å². The first-order valence-corrected chi connectivity index (χ1v) is 7.42. The summed E-state index contributed by atoms with van der Waals surface area (Å²) >= 11 is 4.74. The summed E-state index contributed by atoms with van der Waals surface area (Å²) in [6.45, 7) is 0. The van der Waals surface area contributed by atoms with Crippen molar-refractivity contribution in [2.75, 3.05) is 0 Å². The van der Waals surface area contributed by atoms with E-state index in [1.165, 1.54) is 23.5 Å².